The molecule has 4 heteroatoms. The Morgan fingerprint density at radius 2 is 2.06 bits per heavy atom. The maximum Gasteiger partial charge on any atom is 0.233 e. The van der Waals surface area contributed by atoms with E-state index in [0.29, 0.717) is 0 Å². The van der Waals surface area contributed by atoms with Crippen LogP contribution < -0.4 is 5.32 Å². The molecular weight excluding hydrogens is 222 g/mol. The summed E-state index contributed by atoms with van der Waals surface area (Å²) in [5.74, 6) is 1.17. The van der Waals surface area contributed by atoms with Crippen molar-refractivity contribution in [1.29, 1.82) is 0 Å². The summed E-state index contributed by atoms with van der Waals surface area (Å²) < 4.78 is 0. The van der Waals surface area contributed by atoms with Crippen molar-refractivity contribution in [3.63, 3.8) is 0 Å². The van der Waals surface area contributed by atoms with Crippen molar-refractivity contribution >= 4 is 17.7 Å². The van der Waals surface area contributed by atoms with Gasteiger partial charge in [-0.15, -0.1) is 11.8 Å². The van der Waals surface area contributed by atoms with E-state index in [1.54, 1.807) is 11.8 Å². The van der Waals surface area contributed by atoms with Gasteiger partial charge < -0.3 is 10.4 Å². The Labute approximate surface area is 103 Å². The van der Waals surface area contributed by atoms with Gasteiger partial charge in [0.2, 0.25) is 5.91 Å². The van der Waals surface area contributed by atoms with E-state index in [-0.39, 0.29) is 23.8 Å². The topological polar surface area (TPSA) is 49.3 Å². The fraction of sp³-hybridized carbons (Fsp3) is 0.917. The van der Waals surface area contributed by atoms with E-state index >= 15 is 0 Å². The lowest BCUT2D eigenvalue weighted by Crippen LogP contribution is -2.37. The SMILES string of the molecule is CCCCS[C@H](C)C(=O)N[C@@H](C)CCCO. The zero-order chi connectivity index (χ0) is 12.4. The zero-order valence-corrected chi connectivity index (χ0v) is 11.5. The molecule has 0 aliphatic heterocycles. The van der Waals surface area contributed by atoms with Crippen molar-refractivity contribution < 1.29 is 9.90 Å². The van der Waals surface area contributed by atoms with E-state index in [4.69, 9.17) is 5.11 Å². The third-order valence-electron chi connectivity index (χ3n) is 2.42. The minimum atomic E-state index is 0.0307. The number of hydrogen-bond acceptors (Lipinski definition) is 3. The van der Waals surface area contributed by atoms with Gasteiger partial charge in [0.15, 0.2) is 0 Å². The van der Waals surface area contributed by atoms with Crippen LogP contribution in [0, 0.1) is 0 Å². The average Bonchev–Trinajstić information content (AvgIpc) is 2.26. The second kappa shape index (κ2) is 9.97. The molecule has 3 nitrogen and oxygen atoms in total. The fourth-order valence-corrected chi connectivity index (χ4v) is 2.34. The van der Waals surface area contributed by atoms with Gasteiger partial charge >= 0.3 is 0 Å². The van der Waals surface area contributed by atoms with Crippen LogP contribution in [-0.4, -0.2) is 34.7 Å². The summed E-state index contributed by atoms with van der Waals surface area (Å²) in [6.45, 7) is 6.29. The van der Waals surface area contributed by atoms with Crippen LogP contribution in [0.25, 0.3) is 0 Å². The highest BCUT2D eigenvalue weighted by Crippen LogP contribution is 2.13. The van der Waals surface area contributed by atoms with Crippen LogP contribution in [0.4, 0.5) is 0 Å². The number of aliphatic hydroxyl groups is 1. The minimum Gasteiger partial charge on any atom is -0.396 e. The number of carbonyl (C=O) groups excluding carboxylic acids is 1. The number of amides is 1. The molecule has 1 amide bonds. The van der Waals surface area contributed by atoms with Crippen LogP contribution in [-0.2, 0) is 4.79 Å². The molecule has 0 fully saturated rings. The molecule has 0 heterocycles. The molecule has 0 aromatic rings. The molecule has 0 aliphatic carbocycles. The van der Waals surface area contributed by atoms with Gasteiger partial charge in [-0.2, -0.15) is 0 Å². The van der Waals surface area contributed by atoms with Gasteiger partial charge in [-0.1, -0.05) is 13.3 Å². The van der Waals surface area contributed by atoms with E-state index in [0.717, 1.165) is 18.6 Å². The molecule has 0 spiro atoms. The Morgan fingerprint density at radius 1 is 1.38 bits per heavy atom. The van der Waals surface area contributed by atoms with Crippen LogP contribution in [0.15, 0.2) is 0 Å². The Hall–Kier alpha value is -0.220. The highest BCUT2D eigenvalue weighted by atomic mass is 32.2. The van der Waals surface area contributed by atoms with Crippen LogP contribution >= 0.6 is 11.8 Å². The molecule has 2 atom stereocenters. The van der Waals surface area contributed by atoms with E-state index in [1.807, 2.05) is 13.8 Å². The Bertz CT molecular complexity index is 188. The first kappa shape index (κ1) is 15.8. The molecule has 16 heavy (non-hydrogen) atoms. The van der Waals surface area contributed by atoms with Crippen LogP contribution in [0.1, 0.15) is 46.5 Å². The van der Waals surface area contributed by atoms with Crippen LogP contribution in [0.3, 0.4) is 0 Å². The Balaban J connectivity index is 3.68. The number of thioether (sulfide) groups is 1. The van der Waals surface area contributed by atoms with Crippen molar-refractivity contribution in [2.45, 2.75) is 57.7 Å². The monoisotopic (exact) mass is 247 g/mol. The molecule has 0 unspecified atom stereocenters. The van der Waals surface area contributed by atoms with Gasteiger partial charge in [0.05, 0.1) is 5.25 Å². The molecule has 0 rings (SSSR count). The van der Waals surface area contributed by atoms with Crippen molar-refractivity contribution in [2.75, 3.05) is 12.4 Å². The van der Waals surface area contributed by atoms with E-state index in [2.05, 4.69) is 12.2 Å². The van der Waals surface area contributed by atoms with Crippen molar-refractivity contribution in [2.24, 2.45) is 0 Å². The number of unbranched alkanes of at least 4 members (excludes halogenated alkanes) is 1. The van der Waals surface area contributed by atoms with Gasteiger partial charge in [-0.25, -0.2) is 0 Å². The molecule has 0 aromatic heterocycles. The lowest BCUT2D eigenvalue weighted by molar-refractivity contribution is -0.120. The maximum absolute atomic E-state index is 11.7. The highest BCUT2D eigenvalue weighted by Gasteiger charge is 2.14. The van der Waals surface area contributed by atoms with Gasteiger partial charge in [0.25, 0.3) is 0 Å². The summed E-state index contributed by atoms with van der Waals surface area (Å²) >= 11 is 1.71. The van der Waals surface area contributed by atoms with Crippen molar-refractivity contribution in [1.82, 2.24) is 5.32 Å². The summed E-state index contributed by atoms with van der Waals surface area (Å²) in [6, 6.07) is 0.161. The standard InChI is InChI=1S/C12H25NO2S/c1-4-5-9-16-11(3)12(15)13-10(2)7-6-8-14/h10-11,14H,4-9H2,1-3H3,(H,13,15)/t10-,11+/m0/s1. The number of carbonyl (C=O) groups is 1. The number of aliphatic hydroxyl groups excluding tert-OH is 1. The van der Waals surface area contributed by atoms with Crippen molar-refractivity contribution in [3.8, 4) is 0 Å². The summed E-state index contributed by atoms with van der Waals surface area (Å²) in [4.78, 5) is 11.7. The fourth-order valence-electron chi connectivity index (χ4n) is 1.31. The smallest absolute Gasteiger partial charge is 0.233 e. The van der Waals surface area contributed by atoms with E-state index in [1.165, 1.54) is 12.8 Å². The predicted molar refractivity (Wildman–Crippen MR) is 70.8 cm³/mol. The summed E-state index contributed by atoms with van der Waals surface area (Å²) in [5.41, 5.74) is 0. The zero-order valence-electron chi connectivity index (χ0n) is 10.7. The third kappa shape index (κ3) is 7.99. The molecule has 96 valence electrons. The second-order valence-corrected chi connectivity index (χ2v) is 5.59. The number of nitrogens with one attached hydrogen (secondary N) is 1. The highest BCUT2D eigenvalue weighted by molar-refractivity contribution is 8.00. The second-order valence-electron chi connectivity index (χ2n) is 4.14. The van der Waals surface area contributed by atoms with Crippen LogP contribution in [0.2, 0.25) is 0 Å². The molecular formula is C12H25NO2S. The minimum absolute atomic E-state index is 0.0307. The maximum atomic E-state index is 11.7. The van der Waals surface area contributed by atoms with Gasteiger partial charge in [0.1, 0.15) is 0 Å². The number of hydrogen-bond donors (Lipinski definition) is 2. The van der Waals surface area contributed by atoms with Crippen molar-refractivity contribution in [3.05, 3.63) is 0 Å². The average molecular weight is 247 g/mol. The van der Waals surface area contributed by atoms with Gasteiger partial charge in [-0.05, 0) is 38.9 Å². The summed E-state index contributed by atoms with van der Waals surface area (Å²) in [5, 5.41) is 11.7. The summed E-state index contributed by atoms with van der Waals surface area (Å²) in [7, 11) is 0. The Kier molecular flexibility index (Phi) is 9.83. The van der Waals surface area contributed by atoms with E-state index in [9.17, 15) is 4.79 Å². The molecule has 2 N–H and O–H groups in total. The Morgan fingerprint density at radius 3 is 2.62 bits per heavy atom. The van der Waals surface area contributed by atoms with E-state index < -0.39 is 0 Å². The van der Waals surface area contributed by atoms with Gasteiger partial charge in [-0.3, -0.25) is 4.79 Å². The first-order chi connectivity index (χ1) is 7.61. The molecule has 0 saturated heterocycles. The molecule has 0 bridgehead atoms. The number of rotatable bonds is 9. The normalized spacial score (nSPS) is 14.5. The molecule has 0 saturated carbocycles. The quantitative estimate of drug-likeness (QED) is 0.614. The largest absolute Gasteiger partial charge is 0.396 e. The first-order valence-corrected chi connectivity index (χ1v) is 7.19. The predicted octanol–water partition coefficient (Wildman–Crippen LogP) is 2.19. The van der Waals surface area contributed by atoms with Gasteiger partial charge in [0, 0.05) is 12.6 Å². The molecule has 0 aliphatic rings. The van der Waals surface area contributed by atoms with Crippen LogP contribution in [0.5, 0.6) is 0 Å². The summed E-state index contributed by atoms with van der Waals surface area (Å²) in [6.07, 6.45) is 3.93. The lowest BCUT2D eigenvalue weighted by atomic mass is 10.2. The first-order valence-electron chi connectivity index (χ1n) is 6.14. The molecule has 0 aromatic carbocycles. The molecule has 0 radical (unpaired) electrons. The third-order valence-corrected chi connectivity index (χ3v) is 3.66. The lowest BCUT2D eigenvalue weighted by Gasteiger charge is -2.16.